The summed E-state index contributed by atoms with van der Waals surface area (Å²) in [5.74, 6) is 0. The molecule has 1 atom stereocenters. The van der Waals surface area contributed by atoms with Crippen molar-refractivity contribution in [3.8, 4) is 0 Å². The summed E-state index contributed by atoms with van der Waals surface area (Å²) in [6, 6.07) is 0. The fourth-order valence-electron chi connectivity index (χ4n) is 0.733. The molecule has 0 saturated carbocycles. The molecule has 80 valence electrons. The van der Waals surface area contributed by atoms with E-state index in [9.17, 15) is 13.9 Å². The fraction of sp³-hybridized carbons (Fsp3) is 1.00. The first-order chi connectivity index (χ1) is 5.83. The van der Waals surface area contributed by atoms with Crippen LogP contribution in [0.15, 0.2) is 0 Å². The molecule has 5 heteroatoms. The predicted octanol–water partition coefficient (Wildman–Crippen LogP) is 0.363. The molecule has 0 aromatic heterocycles. The second kappa shape index (κ2) is 5.47. The van der Waals surface area contributed by atoms with Crippen molar-refractivity contribution >= 4 is 0 Å². The van der Waals surface area contributed by atoms with Crippen molar-refractivity contribution in [1.82, 2.24) is 5.32 Å². The van der Waals surface area contributed by atoms with Crippen molar-refractivity contribution in [3.05, 3.63) is 0 Å². The Morgan fingerprint density at radius 3 is 2.31 bits per heavy atom. The Balaban J connectivity index is 3.36. The molecule has 0 aromatic carbocycles. The quantitative estimate of drug-likeness (QED) is 0.539. The summed E-state index contributed by atoms with van der Waals surface area (Å²) in [7, 11) is 0. The first-order valence-corrected chi connectivity index (χ1v) is 4.22. The zero-order valence-electron chi connectivity index (χ0n) is 7.93. The summed E-state index contributed by atoms with van der Waals surface area (Å²) in [5.41, 5.74) is -0.803. The third-order valence-corrected chi connectivity index (χ3v) is 1.56. The average molecular weight is 197 g/mol. The van der Waals surface area contributed by atoms with Gasteiger partial charge < -0.3 is 15.5 Å². The standard InChI is InChI=1S/C8H17F2NO2/c1-8(2,13)3-4-11-5-6(12)7(9)10/h6-7,11-13H,3-5H2,1-2H3. The number of aliphatic hydroxyl groups excluding tert-OH is 1. The fourth-order valence-corrected chi connectivity index (χ4v) is 0.733. The number of hydrogen-bond acceptors (Lipinski definition) is 3. The van der Waals surface area contributed by atoms with Gasteiger partial charge in [-0.1, -0.05) is 0 Å². The van der Waals surface area contributed by atoms with E-state index in [1.54, 1.807) is 13.8 Å². The minimum Gasteiger partial charge on any atom is -0.390 e. The average Bonchev–Trinajstić information content (AvgIpc) is 1.95. The van der Waals surface area contributed by atoms with Crippen LogP contribution in [0.2, 0.25) is 0 Å². The molecule has 0 aliphatic carbocycles. The van der Waals surface area contributed by atoms with Crippen molar-refractivity contribution < 1.29 is 19.0 Å². The first-order valence-electron chi connectivity index (χ1n) is 4.22. The van der Waals surface area contributed by atoms with Gasteiger partial charge in [0.05, 0.1) is 5.60 Å². The van der Waals surface area contributed by atoms with E-state index in [0.29, 0.717) is 13.0 Å². The molecule has 3 nitrogen and oxygen atoms in total. The summed E-state index contributed by atoms with van der Waals surface area (Å²) in [6.45, 7) is 3.54. The smallest absolute Gasteiger partial charge is 0.265 e. The lowest BCUT2D eigenvalue weighted by molar-refractivity contribution is -0.00428. The molecule has 0 rings (SSSR count). The van der Waals surface area contributed by atoms with Gasteiger partial charge in [-0.3, -0.25) is 0 Å². The molecule has 0 aliphatic rings. The van der Waals surface area contributed by atoms with Gasteiger partial charge in [0, 0.05) is 6.54 Å². The molecular weight excluding hydrogens is 180 g/mol. The number of halogens is 2. The van der Waals surface area contributed by atoms with E-state index in [1.165, 1.54) is 0 Å². The van der Waals surface area contributed by atoms with Gasteiger partial charge in [0.15, 0.2) is 0 Å². The van der Waals surface area contributed by atoms with E-state index in [2.05, 4.69) is 5.32 Å². The Labute approximate surface area is 76.8 Å². The van der Waals surface area contributed by atoms with Crippen LogP contribution >= 0.6 is 0 Å². The van der Waals surface area contributed by atoms with Crippen molar-refractivity contribution in [2.75, 3.05) is 13.1 Å². The van der Waals surface area contributed by atoms with Crippen LogP contribution in [0.25, 0.3) is 0 Å². The number of hydrogen-bond donors (Lipinski definition) is 3. The van der Waals surface area contributed by atoms with Gasteiger partial charge >= 0.3 is 0 Å². The molecule has 0 saturated heterocycles. The van der Waals surface area contributed by atoms with E-state index in [-0.39, 0.29) is 6.54 Å². The number of aliphatic hydroxyl groups is 2. The molecule has 0 spiro atoms. The second-order valence-corrected chi connectivity index (χ2v) is 3.67. The first kappa shape index (κ1) is 12.7. The summed E-state index contributed by atoms with van der Waals surface area (Å²) < 4.78 is 23.5. The minimum absolute atomic E-state index is 0.145. The molecule has 0 aliphatic heterocycles. The van der Waals surface area contributed by atoms with Gasteiger partial charge in [0.2, 0.25) is 0 Å². The largest absolute Gasteiger partial charge is 0.390 e. The van der Waals surface area contributed by atoms with E-state index in [0.717, 1.165) is 0 Å². The SMILES string of the molecule is CC(C)(O)CCNCC(O)C(F)F. The van der Waals surface area contributed by atoms with Crippen LogP contribution < -0.4 is 5.32 Å². The van der Waals surface area contributed by atoms with Crippen LogP contribution in [-0.4, -0.2) is 41.4 Å². The topological polar surface area (TPSA) is 52.5 Å². The molecule has 13 heavy (non-hydrogen) atoms. The van der Waals surface area contributed by atoms with Gasteiger partial charge in [-0.2, -0.15) is 0 Å². The Bertz CT molecular complexity index is 137. The van der Waals surface area contributed by atoms with E-state index in [4.69, 9.17) is 5.11 Å². The Hall–Kier alpha value is -0.260. The molecule has 0 heterocycles. The van der Waals surface area contributed by atoms with Crippen LogP contribution in [0.3, 0.4) is 0 Å². The number of alkyl halides is 2. The summed E-state index contributed by atoms with van der Waals surface area (Å²) in [5, 5.41) is 20.6. The third kappa shape index (κ3) is 8.08. The Kier molecular flexibility index (Phi) is 5.36. The highest BCUT2D eigenvalue weighted by molar-refractivity contribution is 4.68. The number of nitrogens with one attached hydrogen (secondary N) is 1. The van der Waals surface area contributed by atoms with E-state index >= 15 is 0 Å². The molecule has 0 bridgehead atoms. The maximum Gasteiger partial charge on any atom is 0.265 e. The molecule has 3 N–H and O–H groups in total. The normalized spacial score (nSPS) is 15.0. The summed E-state index contributed by atoms with van der Waals surface area (Å²) >= 11 is 0. The minimum atomic E-state index is -2.71. The molecule has 0 aromatic rings. The lowest BCUT2D eigenvalue weighted by atomic mass is 10.1. The van der Waals surface area contributed by atoms with Gasteiger partial charge in [-0.25, -0.2) is 8.78 Å². The number of rotatable bonds is 6. The summed E-state index contributed by atoms with van der Waals surface area (Å²) in [4.78, 5) is 0. The highest BCUT2D eigenvalue weighted by Crippen LogP contribution is 2.05. The highest BCUT2D eigenvalue weighted by atomic mass is 19.3. The van der Waals surface area contributed by atoms with Crippen molar-refractivity contribution in [2.24, 2.45) is 0 Å². The molecular formula is C8H17F2NO2. The zero-order chi connectivity index (χ0) is 10.5. The van der Waals surface area contributed by atoms with Crippen molar-refractivity contribution in [3.63, 3.8) is 0 Å². The van der Waals surface area contributed by atoms with E-state index in [1.807, 2.05) is 0 Å². The molecule has 0 amide bonds. The maximum absolute atomic E-state index is 11.8. The van der Waals surface area contributed by atoms with Gasteiger partial charge in [-0.15, -0.1) is 0 Å². The van der Waals surface area contributed by atoms with E-state index < -0.39 is 18.1 Å². The third-order valence-electron chi connectivity index (χ3n) is 1.56. The maximum atomic E-state index is 11.8. The summed E-state index contributed by atoms with van der Waals surface area (Å²) in [6.07, 6.45) is -3.88. The van der Waals surface area contributed by atoms with Crippen LogP contribution in [0.1, 0.15) is 20.3 Å². The van der Waals surface area contributed by atoms with Crippen LogP contribution in [0, 0.1) is 0 Å². The Morgan fingerprint density at radius 1 is 1.38 bits per heavy atom. The lowest BCUT2D eigenvalue weighted by Crippen LogP contribution is -2.35. The molecule has 0 radical (unpaired) electrons. The van der Waals surface area contributed by atoms with Crippen LogP contribution in [0.5, 0.6) is 0 Å². The Morgan fingerprint density at radius 2 is 1.92 bits per heavy atom. The van der Waals surface area contributed by atoms with Gasteiger partial charge in [0.25, 0.3) is 6.43 Å². The zero-order valence-corrected chi connectivity index (χ0v) is 7.93. The van der Waals surface area contributed by atoms with Crippen LogP contribution in [0.4, 0.5) is 8.78 Å². The monoisotopic (exact) mass is 197 g/mol. The van der Waals surface area contributed by atoms with Crippen molar-refractivity contribution in [2.45, 2.75) is 38.4 Å². The lowest BCUT2D eigenvalue weighted by Gasteiger charge is -2.17. The highest BCUT2D eigenvalue weighted by Gasteiger charge is 2.16. The second-order valence-electron chi connectivity index (χ2n) is 3.67. The van der Waals surface area contributed by atoms with Crippen molar-refractivity contribution in [1.29, 1.82) is 0 Å². The molecule has 1 unspecified atom stereocenters. The van der Waals surface area contributed by atoms with Gasteiger partial charge in [0.1, 0.15) is 6.10 Å². The predicted molar refractivity (Wildman–Crippen MR) is 45.8 cm³/mol. The van der Waals surface area contributed by atoms with Gasteiger partial charge in [-0.05, 0) is 26.8 Å². The molecule has 0 fully saturated rings. The van der Waals surface area contributed by atoms with Crippen LogP contribution in [-0.2, 0) is 0 Å².